The van der Waals surface area contributed by atoms with Gasteiger partial charge in [0, 0.05) is 25.1 Å². The second kappa shape index (κ2) is 41.0. The first-order chi connectivity index (χ1) is 33.9. The number of piperidine rings is 1. The number of esters is 1. The Hall–Kier alpha value is -3.67. The molecule has 0 bridgehead atoms. The lowest BCUT2D eigenvalue weighted by Gasteiger charge is -2.27. The summed E-state index contributed by atoms with van der Waals surface area (Å²) in [7, 11) is 0. The molecule has 1 atom stereocenters. The maximum atomic E-state index is 13.2. The number of rotatable bonds is 48. The van der Waals surface area contributed by atoms with Crippen LogP contribution in [-0.2, 0) is 71.2 Å². The van der Waals surface area contributed by atoms with Crippen molar-refractivity contribution < 1.29 is 80.8 Å². The number of carbonyl (C=O) groups is 5. The van der Waals surface area contributed by atoms with Crippen molar-refractivity contribution in [2.75, 3.05) is 164 Å². The van der Waals surface area contributed by atoms with Gasteiger partial charge in [0.15, 0.2) is 0 Å². The Morgan fingerprint density at radius 2 is 0.942 bits per heavy atom. The van der Waals surface area contributed by atoms with E-state index in [-0.39, 0.29) is 36.5 Å². The van der Waals surface area contributed by atoms with E-state index in [0.717, 1.165) is 17.7 Å². The Kier molecular flexibility index (Phi) is 35.4. The smallest absolute Gasteiger partial charge is 0.305 e. The van der Waals surface area contributed by atoms with E-state index in [1.165, 1.54) is 44.9 Å². The fourth-order valence-corrected chi connectivity index (χ4v) is 7.09. The van der Waals surface area contributed by atoms with Gasteiger partial charge < -0.3 is 62.2 Å². The molecule has 69 heavy (non-hydrogen) atoms. The number of unbranched alkanes of at least 4 members (excludes halogenated alkanes) is 8. The van der Waals surface area contributed by atoms with Crippen LogP contribution in [0.5, 0.6) is 0 Å². The third-order valence-electron chi connectivity index (χ3n) is 10.7. The molecule has 0 spiro atoms. The van der Waals surface area contributed by atoms with Gasteiger partial charge in [-0.1, -0.05) is 64.4 Å². The second-order valence-electron chi connectivity index (χ2n) is 16.1. The molecule has 1 aromatic rings. The lowest BCUT2D eigenvalue weighted by atomic mass is 10.0. The highest BCUT2D eigenvalue weighted by atomic mass is 16.6. The van der Waals surface area contributed by atoms with E-state index in [9.17, 15) is 24.0 Å². The molecule has 4 amide bonds. The average molecular weight is 984 g/mol. The fraction of sp³-hybridized carbons (Fsp3) is 0.776. The molecule has 2 aliphatic rings. The number of hydrogen-bond donors (Lipinski definition) is 2. The van der Waals surface area contributed by atoms with Crippen molar-refractivity contribution in [1.29, 1.82) is 0 Å². The maximum absolute atomic E-state index is 13.2. The van der Waals surface area contributed by atoms with E-state index >= 15 is 0 Å². The first-order valence-electron chi connectivity index (χ1n) is 25.0. The van der Waals surface area contributed by atoms with Gasteiger partial charge in [0.2, 0.25) is 11.8 Å². The molecule has 2 heterocycles. The van der Waals surface area contributed by atoms with Crippen LogP contribution in [0.25, 0.3) is 0 Å². The summed E-state index contributed by atoms with van der Waals surface area (Å²) in [4.78, 5) is 62.8. The molecule has 0 aromatic heterocycles. The van der Waals surface area contributed by atoms with E-state index in [1.807, 2.05) is 0 Å². The van der Waals surface area contributed by atoms with Crippen LogP contribution in [0.15, 0.2) is 18.2 Å². The number of carbonyl (C=O) groups excluding carboxylic acids is 5. The van der Waals surface area contributed by atoms with E-state index in [4.69, 9.17) is 56.8 Å². The molecule has 3 rings (SSSR count). The highest BCUT2D eigenvalue weighted by Crippen LogP contribution is 2.32. The number of nitrogens with zero attached hydrogens (tertiary/aromatic N) is 1. The zero-order chi connectivity index (χ0) is 49.3. The minimum Gasteiger partial charge on any atom is -0.463 e. The van der Waals surface area contributed by atoms with Crippen LogP contribution in [0.4, 0.5) is 5.69 Å². The van der Waals surface area contributed by atoms with Crippen LogP contribution in [0.1, 0.15) is 105 Å². The summed E-state index contributed by atoms with van der Waals surface area (Å²) in [5.41, 5.74) is 0.898. The van der Waals surface area contributed by atoms with E-state index in [1.54, 1.807) is 18.2 Å². The van der Waals surface area contributed by atoms with Gasteiger partial charge in [-0.25, -0.2) is 0 Å². The van der Waals surface area contributed by atoms with Crippen LogP contribution >= 0.6 is 0 Å². The van der Waals surface area contributed by atoms with Crippen molar-refractivity contribution in [3.8, 4) is 0 Å². The first-order valence-corrected chi connectivity index (χ1v) is 25.0. The highest BCUT2D eigenvalue weighted by Gasteiger charge is 2.45. The molecule has 394 valence electrons. The van der Waals surface area contributed by atoms with Crippen LogP contribution in [0.2, 0.25) is 0 Å². The van der Waals surface area contributed by atoms with Crippen LogP contribution in [-0.4, -0.2) is 199 Å². The Morgan fingerprint density at radius 1 is 0.536 bits per heavy atom. The van der Waals surface area contributed by atoms with E-state index in [0.29, 0.717) is 164 Å². The van der Waals surface area contributed by atoms with Crippen molar-refractivity contribution >= 4 is 35.3 Å². The molecule has 1 unspecified atom stereocenters. The molecule has 20 heteroatoms. The lowest BCUT2D eigenvalue weighted by molar-refractivity contribution is -0.145. The predicted molar refractivity (Wildman–Crippen MR) is 253 cm³/mol. The van der Waals surface area contributed by atoms with Gasteiger partial charge in [0.1, 0.15) is 12.6 Å². The van der Waals surface area contributed by atoms with Gasteiger partial charge in [-0.3, -0.25) is 34.2 Å². The van der Waals surface area contributed by atoms with Crippen LogP contribution < -0.4 is 10.6 Å². The van der Waals surface area contributed by atoms with Crippen molar-refractivity contribution in [3.63, 3.8) is 0 Å². The fourth-order valence-electron chi connectivity index (χ4n) is 7.09. The predicted octanol–water partition coefficient (Wildman–Crippen LogP) is 4.15. The Bertz CT molecular complexity index is 1540. The van der Waals surface area contributed by atoms with Gasteiger partial charge >= 0.3 is 5.97 Å². The number of nitrogens with one attached hydrogen (secondary N) is 2. The number of hydrogen-bond acceptors (Lipinski definition) is 18. The Balaban J connectivity index is 0.941. The molecular formula is C49H81N3O17. The number of amides is 4. The zero-order valence-electron chi connectivity index (χ0n) is 41.2. The second-order valence-corrected chi connectivity index (χ2v) is 16.1. The Morgan fingerprint density at radius 3 is 1.38 bits per heavy atom. The van der Waals surface area contributed by atoms with Crippen molar-refractivity contribution in [1.82, 2.24) is 10.2 Å². The summed E-state index contributed by atoms with van der Waals surface area (Å²) in [5.74, 6) is -2.33. The topological polar surface area (TPSA) is 223 Å². The summed E-state index contributed by atoms with van der Waals surface area (Å²) in [6.07, 6.45) is 11.7. The van der Waals surface area contributed by atoms with Gasteiger partial charge in [0.05, 0.1) is 156 Å². The molecule has 1 fully saturated rings. The number of fused-ring (bicyclic) bond motifs is 1. The van der Waals surface area contributed by atoms with E-state index in [2.05, 4.69) is 17.6 Å². The normalized spacial score (nSPS) is 14.7. The SMILES string of the molecule is CCCCCCCCCCCC(=O)OCCOCCOCCOCCOCCOCCOCCOCCOCCOCCOCCOCCNc1cccc2c1C(=O)N(C1CCC(=O)NC1=O)C2=O. The standard InChI is InChI=1S/C49H81N3O17/c1-2-3-4-5-6-7-8-9-10-14-45(54)69-40-39-68-38-37-67-36-35-66-34-33-65-32-31-64-30-29-63-28-27-62-26-25-61-24-23-60-22-21-59-20-19-58-18-17-50-42-13-11-12-41-46(42)49(57)52(48(41)56)43-15-16-44(53)51-47(43)55/h11-13,43,50H,2-10,14-40H2,1H3,(H,51,53,55). The van der Waals surface area contributed by atoms with Gasteiger partial charge in [-0.15, -0.1) is 0 Å². The molecule has 0 radical (unpaired) electrons. The third-order valence-corrected chi connectivity index (χ3v) is 10.7. The van der Waals surface area contributed by atoms with Gasteiger partial charge in [-0.05, 0) is 25.0 Å². The molecule has 1 saturated heterocycles. The quantitative estimate of drug-likeness (QED) is 0.0532. The molecule has 2 N–H and O–H groups in total. The van der Waals surface area contributed by atoms with Crippen LogP contribution in [0.3, 0.4) is 0 Å². The summed E-state index contributed by atoms with van der Waals surface area (Å²) >= 11 is 0. The molecule has 2 aliphatic heterocycles. The summed E-state index contributed by atoms with van der Waals surface area (Å²) in [5, 5.41) is 5.34. The number of benzene rings is 1. The maximum Gasteiger partial charge on any atom is 0.305 e. The minimum atomic E-state index is -1.02. The van der Waals surface area contributed by atoms with Gasteiger partial charge in [0.25, 0.3) is 11.8 Å². The molecular weight excluding hydrogens is 903 g/mol. The largest absolute Gasteiger partial charge is 0.463 e. The summed E-state index contributed by atoms with van der Waals surface area (Å²) in [6, 6.07) is 3.90. The summed E-state index contributed by atoms with van der Waals surface area (Å²) < 4.78 is 65.9. The monoisotopic (exact) mass is 984 g/mol. The number of ether oxygens (including phenoxy) is 12. The first kappa shape index (κ1) is 59.6. The molecule has 0 saturated carbocycles. The number of imide groups is 2. The van der Waals surface area contributed by atoms with Crippen molar-refractivity contribution in [3.05, 3.63) is 29.3 Å². The minimum absolute atomic E-state index is 0.0622. The Labute approximate surface area is 408 Å². The van der Waals surface area contributed by atoms with Crippen LogP contribution in [0, 0.1) is 0 Å². The zero-order valence-corrected chi connectivity index (χ0v) is 41.2. The van der Waals surface area contributed by atoms with Crippen molar-refractivity contribution in [2.45, 2.75) is 90.0 Å². The lowest BCUT2D eigenvalue weighted by Crippen LogP contribution is -2.54. The molecule has 20 nitrogen and oxygen atoms in total. The highest BCUT2D eigenvalue weighted by molar-refractivity contribution is 6.25. The third kappa shape index (κ3) is 28.1. The number of anilines is 1. The summed E-state index contributed by atoms with van der Waals surface area (Å²) in [6.45, 7) is 12.5. The molecule has 0 aliphatic carbocycles. The van der Waals surface area contributed by atoms with Gasteiger partial charge in [-0.2, -0.15) is 0 Å². The average Bonchev–Trinajstić information content (AvgIpc) is 3.60. The molecule has 1 aromatic carbocycles. The van der Waals surface area contributed by atoms with Crippen molar-refractivity contribution in [2.24, 2.45) is 0 Å². The van der Waals surface area contributed by atoms with E-state index < -0.39 is 29.7 Å².